The molecule has 1 aliphatic rings. The normalized spacial score (nSPS) is 20.9. The minimum absolute atomic E-state index is 0.0313. The average Bonchev–Trinajstić information content (AvgIpc) is 2.46. The number of phenols is 1. The van der Waals surface area contributed by atoms with Gasteiger partial charge < -0.3 is 14.9 Å². The van der Waals surface area contributed by atoms with Gasteiger partial charge in [0.15, 0.2) is 0 Å². The number of hydrogen-bond acceptors (Lipinski definition) is 3. The van der Waals surface area contributed by atoms with Gasteiger partial charge in [-0.3, -0.25) is 0 Å². The second-order valence-corrected chi connectivity index (χ2v) is 2.87. The van der Waals surface area contributed by atoms with E-state index in [0.29, 0.717) is 6.61 Å². The molecule has 0 spiro atoms. The Morgan fingerprint density at radius 2 is 2.33 bits per heavy atom. The summed E-state index contributed by atoms with van der Waals surface area (Å²) in [6.45, 7) is 0.497. The highest BCUT2D eigenvalue weighted by Crippen LogP contribution is 2.32. The summed E-state index contributed by atoms with van der Waals surface area (Å²) in [5, 5.41) is 18.1. The van der Waals surface area contributed by atoms with E-state index in [1.807, 2.05) is 6.07 Å². The second-order valence-electron chi connectivity index (χ2n) is 2.87. The first kappa shape index (κ1) is 7.58. The van der Waals surface area contributed by atoms with Gasteiger partial charge in [-0.25, -0.2) is 0 Å². The van der Waals surface area contributed by atoms with Crippen molar-refractivity contribution < 1.29 is 14.9 Å². The third kappa shape index (κ3) is 1.07. The Morgan fingerprint density at radius 1 is 1.50 bits per heavy atom. The average molecular weight is 166 g/mol. The monoisotopic (exact) mass is 166 g/mol. The number of ether oxygens (including phenoxy) is 1. The minimum atomic E-state index is -0.257. The van der Waals surface area contributed by atoms with Crippen LogP contribution in [0.3, 0.4) is 0 Å². The Kier molecular flexibility index (Phi) is 1.75. The number of rotatable bonds is 1. The molecular formula is C9H10O3. The van der Waals surface area contributed by atoms with Crippen molar-refractivity contribution in [3.63, 3.8) is 0 Å². The van der Waals surface area contributed by atoms with Crippen molar-refractivity contribution in [1.82, 2.24) is 0 Å². The Balaban J connectivity index is 2.42. The van der Waals surface area contributed by atoms with E-state index in [0.717, 1.165) is 11.1 Å². The van der Waals surface area contributed by atoms with Crippen molar-refractivity contribution in [2.24, 2.45) is 0 Å². The van der Waals surface area contributed by atoms with Gasteiger partial charge in [0.1, 0.15) is 11.9 Å². The number of fused-ring (bicyclic) bond motifs is 1. The zero-order valence-electron chi connectivity index (χ0n) is 6.53. The zero-order valence-corrected chi connectivity index (χ0v) is 6.53. The molecule has 0 aromatic heterocycles. The van der Waals surface area contributed by atoms with Gasteiger partial charge in [0.05, 0.1) is 13.2 Å². The van der Waals surface area contributed by atoms with Gasteiger partial charge in [0.25, 0.3) is 0 Å². The summed E-state index contributed by atoms with van der Waals surface area (Å²) in [5.41, 5.74) is 1.95. The zero-order chi connectivity index (χ0) is 8.55. The number of phenolic OH excluding ortho intramolecular Hbond substituents is 1. The lowest BCUT2D eigenvalue weighted by Gasteiger charge is -2.06. The molecule has 64 valence electrons. The van der Waals surface area contributed by atoms with E-state index in [1.165, 1.54) is 0 Å². The highest BCUT2D eigenvalue weighted by atomic mass is 16.5. The van der Waals surface area contributed by atoms with E-state index in [1.54, 1.807) is 12.1 Å². The third-order valence-electron chi connectivity index (χ3n) is 2.08. The van der Waals surface area contributed by atoms with Crippen LogP contribution in [-0.2, 0) is 11.3 Å². The van der Waals surface area contributed by atoms with Crippen LogP contribution in [0.2, 0.25) is 0 Å². The molecule has 0 radical (unpaired) electrons. The molecule has 1 aromatic carbocycles. The smallest absolute Gasteiger partial charge is 0.115 e. The number of aliphatic hydroxyl groups is 1. The molecule has 0 saturated carbocycles. The molecule has 3 heteroatoms. The van der Waals surface area contributed by atoms with Crippen LogP contribution in [0.5, 0.6) is 5.75 Å². The maximum absolute atomic E-state index is 9.17. The highest BCUT2D eigenvalue weighted by Gasteiger charge is 2.22. The Morgan fingerprint density at radius 3 is 3.08 bits per heavy atom. The van der Waals surface area contributed by atoms with Gasteiger partial charge in [0, 0.05) is 0 Å². The van der Waals surface area contributed by atoms with Crippen LogP contribution in [0.4, 0.5) is 0 Å². The number of aromatic hydroxyl groups is 1. The summed E-state index contributed by atoms with van der Waals surface area (Å²) < 4.78 is 5.27. The summed E-state index contributed by atoms with van der Waals surface area (Å²) in [6, 6.07) is 5.09. The lowest BCUT2D eigenvalue weighted by atomic mass is 10.1. The van der Waals surface area contributed by atoms with Crippen LogP contribution >= 0.6 is 0 Å². The SMILES string of the molecule is OC[C@H]1OCc2ccc(O)cc21. The van der Waals surface area contributed by atoms with Crippen LogP contribution in [0.15, 0.2) is 18.2 Å². The fraction of sp³-hybridized carbons (Fsp3) is 0.333. The maximum Gasteiger partial charge on any atom is 0.115 e. The predicted molar refractivity (Wildman–Crippen MR) is 42.7 cm³/mol. The first-order valence-corrected chi connectivity index (χ1v) is 3.85. The first-order chi connectivity index (χ1) is 5.81. The summed E-state index contributed by atoms with van der Waals surface area (Å²) in [7, 11) is 0. The fourth-order valence-corrected chi connectivity index (χ4v) is 1.44. The van der Waals surface area contributed by atoms with Crippen LogP contribution < -0.4 is 0 Å². The Hall–Kier alpha value is -1.06. The summed E-state index contributed by atoms with van der Waals surface area (Å²) >= 11 is 0. The van der Waals surface area contributed by atoms with Crippen molar-refractivity contribution in [1.29, 1.82) is 0 Å². The molecule has 0 unspecified atom stereocenters. The number of hydrogen-bond donors (Lipinski definition) is 2. The van der Waals surface area contributed by atoms with Crippen LogP contribution in [0.1, 0.15) is 17.2 Å². The standard InChI is InChI=1S/C9H10O3/c10-4-9-8-3-7(11)2-1-6(8)5-12-9/h1-3,9-11H,4-5H2/t9-/m1/s1. The van der Waals surface area contributed by atoms with E-state index >= 15 is 0 Å². The van der Waals surface area contributed by atoms with Crippen LogP contribution in [0.25, 0.3) is 0 Å². The molecule has 3 nitrogen and oxygen atoms in total. The summed E-state index contributed by atoms with van der Waals surface area (Å²) in [4.78, 5) is 0. The molecule has 12 heavy (non-hydrogen) atoms. The topological polar surface area (TPSA) is 49.7 Å². The number of benzene rings is 1. The predicted octanol–water partition coefficient (Wildman–Crippen LogP) is 0.956. The maximum atomic E-state index is 9.17. The molecular weight excluding hydrogens is 156 g/mol. The largest absolute Gasteiger partial charge is 0.508 e. The van der Waals surface area contributed by atoms with Gasteiger partial charge in [-0.2, -0.15) is 0 Å². The molecule has 0 aliphatic carbocycles. The molecule has 2 rings (SSSR count). The van der Waals surface area contributed by atoms with Gasteiger partial charge in [-0.15, -0.1) is 0 Å². The van der Waals surface area contributed by atoms with E-state index in [4.69, 9.17) is 9.84 Å². The third-order valence-corrected chi connectivity index (χ3v) is 2.08. The molecule has 1 heterocycles. The molecule has 1 aromatic rings. The molecule has 1 aliphatic heterocycles. The lowest BCUT2D eigenvalue weighted by molar-refractivity contribution is 0.0233. The highest BCUT2D eigenvalue weighted by molar-refractivity contribution is 5.38. The van der Waals surface area contributed by atoms with Crippen molar-refractivity contribution in [2.75, 3.05) is 6.61 Å². The molecule has 1 atom stereocenters. The Bertz CT molecular complexity index is 296. The summed E-state index contributed by atoms with van der Waals surface area (Å²) in [6.07, 6.45) is -0.257. The molecule has 2 N–H and O–H groups in total. The lowest BCUT2D eigenvalue weighted by Crippen LogP contribution is -2.00. The molecule has 0 amide bonds. The van der Waals surface area contributed by atoms with Gasteiger partial charge in [-0.05, 0) is 23.3 Å². The molecule has 0 fully saturated rings. The number of aliphatic hydroxyl groups excluding tert-OH is 1. The second kappa shape index (κ2) is 2.77. The van der Waals surface area contributed by atoms with Crippen molar-refractivity contribution >= 4 is 0 Å². The van der Waals surface area contributed by atoms with Gasteiger partial charge in [0.2, 0.25) is 0 Å². The molecule has 0 bridgehead atoms. The minimum Gasteiger partial charge on any atom is -0.508 e. The van der Waals surface area contributed by atoms with Crippen molar-refractivity contribution in [3.8, 4) is 5.75 Å². The van der Waals surface area contributed by atoms with E-state index in [9.17, 15) is 5.11 Å². The van der Waals surface area contributed by atoms with Gasteiger partial charge in [-0.1, -0.05) is 6.07 Å². The Labute approximate surface area is 70.2 Å². The van der Waals surface area contributed by atoms with Crippen molar-refractivity contribution in [2.45, 2.75) is 12.7 Å². The van der Waals surface area contributed by atoms with Crippen LogP contribution in [-0.4, -0.2) is 16.8 Å². The quantitative estimate of drug-likeness (QED) is 0.653. The molecule has 0 saturated heterocycles. The van der Waals surface area contributed by atoms with E-state index < -0.39 is 0 Å². The van der Waals surface area contributed by atoms with E-state index in [2.05, 4.69) is 0 Å². The van der Waals surface area contributed by atoms with E-state index in [-0.39, 0.29) is 18.5 Å². The van der Waals surface area contributed by atoms with Gasteiger partial charge >= 0.3 is 0 Å². The van der Waals surface area contributed by atoms with Crippen LogP contribution in [0, 0.1) is 0 Å². The summed E-state index contributed by atoms with van der Waals surface area (Å²) in [5.74, 6) is 0.220. The fourth-order valence-electron chi connectivity index (χ4n) is 1.44. The first-order valence-electron chi connectivity index (χ1n) is 3.85. The van der Waals surface area contributed by atoms with Crippen molar-refractivity contribution in [3.05, 3.63) is 29.3 Å².